The molecule has 0 radical (unpaired) electrons. The molecule has 0 aromatic carbocycles. The molecule has 23 heavy (non-hydrogen) atoms. The summed E-state index contributed by atoms with van der Waals surface area (Å²) < 4.78 is 14.5. The molecule has 8 nitrogen and oxygen atoms in total. The monoisotopic (exact) mass is 327 g/mol. The van der Waals surface area contributed by atoms with Crippen LogP contribution < -0.4 is 11.6 Å². The SMILES string of the molecule is Cc1oc(=O)oc1COC(=O)C(N)C1(CC(=O)O)CCCCC1. The van der Waals surface area contributed by atoms with Crippen molar-refractivity contribution in [3.63, 3.8) is 0 Å². The van der Waals surface area contributed by atoms with Gasteiger partial charge in [0, 0.05) is 5.41 Å². The number of carbonyl (C=O) groups excluding carboxylic acids is 1. The van der Waals surface area contributed by atoms with E-state index in [2.05, 4.69) is 4.42 Å². The van der Waals surface area contributed by atoms with Gasteiger partial charge in [0.1, 0.15) is 6.04 Å². The van der Waals surface area contributed by atoms with Crippen LogP contribution in [0.25, 0.3) is 0 Å². The highest BCUT2D eigenvalue weighted by Gasteiger charge is 2.44. The first-order chi connectivity index (χ1) is 10.8. The first-order valence-electron chi connectivity index (χ1n) is 7.57. The molecule has 1 aromatic heterocycles. The fourth-order valence-corrected chi connectivity index (χ4v) is 3.14. The Labute approximate surface area is 132 Å². The van der Waals surface area contributed by atoms with Crippen molar-refractivity contribution in [2.45, 2.75) is 58.1 Å². The summed E-state index contributed by atoms with van der Waals surface area (Å²) in [5.41, 5.74) is 5.24. The summed E-state index contributed by atoms with van der Waals surface area (Å²) in [5.74, 6) is -2.20. The molecule has 0 aliphatic heterocycles. The number of carbonyl (C=O) groups is 2. The summed E-state index contributed by atoms with van der Waals surface area (Å²) in [6.07, 6.45) is 3.67. The van der Waals surface area contributed by atoms with Crippen LogP contribution in [0.4, 0.5) is 0 Å². The second-order valence-electron chi connectivity index (χ2n) is 6.01. The maximum Gasteiger partial charge on any atom is 0.519 e. The van der Waals surface area contributed by atoms with E-state index in [-0.39, 0.29) is 24.5 Å². The second-order valence-corrected chi connectivity index (χ2v) is 6.01. The summed E-state index contributed by atoms with van der Waals surface area (Å²) in [7, 11) is 0. The number of ether oxygens (including phenoxy) is 1. The Hall–Kier alpha value is -2.09. The Kier molecular flexibility index (Phi) is 5.25. The van der Waals surface area contributed by atoms with Crippen LogP contribution >= 0.6 is 0 Å². The predicted molar refractivity (Wildman–Crippen MR) is 77.5 cm³/mol. The molecule has 1 aliphatic rings. The third-order valence-corrected chi connectivity index (χ3v) is 4.45. The quantitative estimate of drug-likeness (QED) is 0.748. The minimum absolute atomic E-state index is 0.117. The topological polar surface area (TPSA) is 133 Å². The van der Waals surface area contributed by atoms with Gasteiger partial charge < -0.3 is 24.4 Å². The minimum atomic E-state index is -1.03. The average Bonchev–Trinajstić information content (AvgIpc) is 2.82. The van der Waals surface area contributed by atoms with Crippen LogP contribution in [0.3, 0.4) is 0 Å². The Morgan fingerprint density at radius 2 is 1.96 bits per heavy atom. The molecule has 1 aliphatic carbocycles. The lowest BCUT2D eigenvalue weighted by Crippen LogP contribution is -2.50. The molecule has 0 saturated heterocycles. The van der Waals surface area contributed by atoms with Gasteiger partial charge in [-0.2, -0.15) is 0 Å². The number of aliphatic carboxylic acids is 1. The second kappa shape index (κ2) is 6.99. The number of esters is 1. The van der Waals surface area contributed by atoms with Crippen molar-refractivity contribution < 1.29 is 28.3 Å². The van der Waals surface area contributed by atoms with Gasteiger partial charge in [0.25, 0.3) is 0 Å². The molecule has 0 bridgehead atoms. The predicted octanol–water partition coefficient (Wildman–Crippen LogP) is 1.34. The van der Waals surface area contributed by atoms with Gasteiger partial charge in [-0.05, 0) is 19.8 Å². The van der Waals surface area contributed by atoms with Crippen LogP contribution in [0, 0.1) is 12.3 Å². The Balaban J connectivity index is 2.05. The Bertz CT molecular complexity index is 624. The third-order valence-electron chi connectivity index (χ3n) is 4.45. The standard InChI is InChI=1S/C15H21NO7/c1-9-10(23-14(20)22-9)8-21-13(19)12(16)15(7-11(17)18)5-3-2-4-6-15/h12H,2-8,16H2,1H3,(H,17,18). The highest BCUT2D eigenvalue weighted by Crippen LogP contribution is 2.42. The zero-order valence-corrected chi connectivity index (χ0v) is 13.0. The Morgan fingerprint density at radius 3 is 2.48 bits per heavy atom. The zero-order valence-electron chi connectivity index (χ0n) is 13.0. The molecule has 1 heterocycles. The van der Waals surface area contributed by atoms with Crippen molar-refractivity contribution in [2.75, 3.05) is 0 Å². The third kappa shape index (κ3) is 4.01. The molecule has 3 N–H and O–H groups in total. The molecule has 0 amide bonds. The van der Waals surface area contributed by atoms with Crippen molar-refractivity contribution in [3.8, 4) is 0 Å². The number of nitrogens with two attached hydrogens (primary N) is 1. The van der Waals surface area contributed by atoms with E-state index in [0.29, 0.717) is 12.8 Å². The molecule has 1 unspecified atom stereocenters. The van der Waals surface area contributed by atoms with E-state index in [9.17, 15) is 14.4 Å². The summed E-state index contributed by atoms with van der Waals surface area (Å²) in [5, 5.41) is 9.14. The van der Waals surface area contributed by atoms with Gasteiger partial charge in [0.15, 0.2) is 18.1 Å². The lowest BCUT2D eigenvalue weighted by molar-refractivity contribution is -0.153. The molecule has 1 aromatic rings. The van der Waals surface area contributed by atoms with Crippen LogP contribution in [0.5, 0.6) is 0 Å². The van der Waals surface area contributed by atoms with Crippen LogP contribution in [-0.2, 0) is 20.9 Å². The fraction of sp³-hybridized carbons (Fsp3) is 0.667. The van der Waals surface area contributed by atoms with Crippen molar-refractivity contribution in [1.29, 1.82) is 0 Å². The van der Waals surface area contributed by atoms with Crippen LogP contribution in [0.15, 0.2) is 13.6 Å². The van der Waals surface area contributed by atoms with E-state index in [1.807, 2.05) is 0 Å². The molecule has 2 rings (SSSR count). The van der Waals surface area contributed by atoms with Crippen molar-refractivity contribution in [2.24, 2.45) is 11.1 Å². The van der Waals surface area contributed by atoms with E-state index in [0.717, 1.165) is 19.3 Å². The van der Waals surface area contributed by atoms with E-state index in [4.69, 9.17) is 20.0 Å². The first-order valence-corrected chi connectivity index (χ1v) is 7.57. The van der Waals surface area contributed by atoms with Crippen molar-refractivity contribution >= 4 is 11.9 Å². The molecule has 8 heteroatoms. The molecule has 1 saturated carbocycles. The van der Waals surface area contributed by atoms with Crippen LogP contribution in [0.2, 0.25) is 0 Å². The summed E-state index contributed by atoms with van der Waals surface area (Å²) in [6.45, 7) is 1.24. The van der Waals surface area contributed by atoms with Gasteiger partial charge in [-0.15, -0.1) is 0 Å². The van der Waals surface area contributed by atoms with Crippen molar-refractivity contribution in [3.05, 3.63) is 22.1 Å². The maximum atomic E-state index is 12.2. The maximum absolute atomic E-state index is 12.2. The summed E-state index contributed by atoms with van der Waals surface area (Å²) in [6, 6.07) is -1.03. The molecular formula is C15H21NO7. The highest BCUT2D eigenvalue weighted by atomic mass is 16.6. The lowest BCUT2D eigenvalue weighted by atomic mass is 9.67. The summed E-state index contributed by atoms with van der Waals surface area (Å²) in [4.78, 5) is 34.3. The molecule has 1 atom stereocenters. The first kappa shape index (κ1) is 17.3. The molecule has 1 fully saturated rings. The van der Waals surface area contributed by atoms with E-state index >= 15 is 0 Å². The number of carboxylic acids is 1. The highest BCUT2D eigenvalue weighted by molar-refractivity contribution is 5.78. The minimum Gasteiger partial charge on any atom is -0.481 e. The number of aryl methyl sites for hydroxylation is 1. The number of rotatable bonds is 6. The number of hydrogen-bond acceptors (Lipinski definition) is 7. The lowest BCUT2D eigenvalue weighted by Gasteiger charge is -2.39. The van der Waals surface area contributed by atoms with Gasteiger partial charge in [0.2, 0.25) is 0 Å². The smallest absolute Gasteiger partial charge is 0.481 e. The number of hydrogen-bond donors (Lipinski definition) is 2. The van der Waals surface area contributed by atoms with E-state index in [1.165, 1.54) is 6.92 Å². The largest absolute Gasteiger partial charge is 0.519 e. The van der Waals surface area contributed by atoms with E-state index < -0.39 is 29.2 Å². The van der Waals surface area contributed by atoms with Gasteiger partial charge >= 0.3 is 17.8 Å². The van der Waals surface area contributed by atoms with E-state index in [1.54, 1.807) is 0 Å². The van der Waals surface area contributed by atoms with Crippen LogP contribution in [0.1, 0.15) is 50.0 Å². The van der Waals surface area contributed by atoms with Crippen LogP contribution in [-0.4, -0.2) is 23.1 Å². The zero-order chi connectivity index (χ0) is 17.0. The summed E-state index contributed by atoms with van der Waals surface area (Å²) >= 11 is 0. The Morgan fingerprint density at radius 1 is 1.30 bits per heavy atom. The van der Waals surface area contributed by atoms with Gasteiger partial charge in [0.05, 0.1) is 6.42 Å². The molecule has 0 spiro atoms. The number of carboxylic acid groups (broad SMARTS) is 1. The normalized spacial score (nSPS) is 18.3. The van der Waals surface area contributed by atoms with Gasteiger partial charge in [-0.3, -0.25) is 9.59 Å². The molecular weight excluding hydrogens is 306 g/mol. The average molecular weight is 327 g/mol. The fourth-order valence-electron chi connectivity index (χ4n) is 3.14. The molecule has 128 valence electrons. The van der Waals surface area contributed by atoms with Crippen molar-refractivity contribution in [1.82, 2.24) is 0 Å². The van der Waals surface area contributed by atoms with Gasteiger partial charge in [-0.1, -0.05) is 19.3 Å². The van der Waals surface area contributed by atoms with Gasteiger partial charge in [-0.25, -0.2) is 4.79 Å².